The van der Waals surface area contributed by atoms with Crippen LogP contribution in [0.3, 0.4) is 0 Å². The van der Waals surface area contributed by atoms with E-state index in [9.17, 15) is 4.39 Å². The van der Waals surface area contributed by atoms with Crippen LogP contribution in [-0.2, 0) is 0 Å². The Labute approximate surface area is 106 Å². The Morgan fingerprint density at radius 2 is 2.18 bits per heavy atom. The monoisotopic (exact) mass is 256 g/mol. The van der Waals surface area contributed by atoms with Crippen molar-refractivity contribution in [1.29, 1.82) is 0 Å². The zero-order chi connectivity index (χ0) is 12.8. The summed E-state index contributed by atoms with van der Waals surface area (Å²) < 4.78 is 18.6. The Hall–Kier alpha value is -1.36. The van der Waals surface area contributed by atoms with Crippen LogP contribution < -0.4 is 15.4 Å². The van der Waals surface area contributed by atoms with Gasteiger partial charge in [-0.2, -0.15) is 0 Å². The molecule has 0 saturated carbocycles. The number of thiocarbonyl (C=S) groups is 1. The van der Waals surface area contributed by atoms with E-state index in [-0.39, 0.29) is 11.8 Å². The SMILES string of the molecule is CCOc1ccc(NC(=S)NC(C)C)cc1F. The molecule has 5 heteroatoms. The van der Waals surface area contributed by atoms with E-state index in [1.165, 1.54) is 6.07 Å². The molecule has 0 atom stereocenters. The molecule has 0 unspecified atom stereocenters. The minimum absolute atomic E-state index is 0.238. The number of ether oxygens (including phenoxy) is 1. The molecule has 0 aromatic heterocycles. The molecular formula is C12H17FN2OS. The lowest BCUT2D eigenvalue weighted by Gasteiger charge is -2.13. The molecule has 1 aromatic rings. The van der Waals surface area contributed by atoms with Gasteiger partial charge in [-0.15, -0.1) is 0 Å². The first-order valence-electron chi connectivity index (χ1n) is 5.52. The largest absolute Gasteiger partial charge is 0.491 e. The second-order valence-corrected chi connectivity index (χ2v) is 4.24. The molecule has 0 aliphatic carbocycles. The van der Waals surface area contributed by atoms with Gasteiger partial charge in [0.25, 0.3) is 0 Å². The van der Waals surface area contributed by atoms with Crippen LogP contribution in [-0.4, -0.2) is 17.8 Å². The summed E-state index contributed by atoms with van der Waals surface area (Å²) in [5.41, 5.74) is 0.601. The summed E-state index contributed by atoms with van der Waals surface area (Å²) in [7, 11) is 0. The fourth-order valence-electron chi connectivity index (χ4n) is 1.28. The van der Waals surface area contributed by atoms with Crippen LogP contribution in [0.5, 0.6) is 5.75 Å². The molecule has 0 aliphatic rings. The first-order chi connectivity index (χ1) is 8.02. The predicted molar refractivity (Wildman–Crippen MR) is 72.1 cm³/mol. The zero-order valence-electron chi connectivity index (χ0n) is 10.2. The van der Waals surface area contributed by atoms with E-state index in [4.69, 9.17) is 17.0 Å². The van der Waals surface area contributed by atoms with Crippen molar-refractivity contribution in [3.63, 3.8) is 0 Å². The highest BCUT2D eigenvalue weighted by Gasteiger charge is 2.05. The van der Waals surface area contributed by atoms with Gasteiger partial charge in [0, 0.05) is 17.8 Å². The minimum Gasteiger partial charge on any atom is -0.491 e. The highest BCUT2D eigenvalue weighted by molar-refractivity contribution is 7.80. The highest BCUT2D eigenvalue weighted by Crippen LogP contribution is 2.20. The Morgan fingerprint density at radius 3 is 2.71 bits per heavy atom. The van der Waals surface area contributed by atoms with Crippen LogP contribution in [0.1, 0.15) is 20.8 Å². The predicted octanol–water partition coefficient (Wildman–Crippen LogP) is 2.92. The van der Waals surface area contributed by atoms with Crippen molar-refractivity contribution < 1.29 is 9.13 Å². The second-order valence-electron chi connectivity index (χ2n) is 3.83. The molecule has 94 valence electrons. The van der Waals surface area contributed by atoms with Gasteiger partial charge in [0.05, 0.1) is 6.61 Å². The molecule has 3 nitrogen and oxygen atoms in total. The van der Waals surface area contributed by atoms with Crippen LogP contribution in [0.25, 0.3) is 0 Å². The summed E-state index contributed by atoms with van der Waals surface area (Å²) in [6, 6.07) is 4.91. The average molecular weight is 256 g/mol. The van der Waals surface area contributed by atoms with Crippen molar-refractivity contribution in [3.05, 3.63) is 24.0 Å². The fourth-order valence-corrected chi connectivity index (χ4v) is 1.63. The van der Waals surface area contributed by atoms with Crippen molar-refractivity contribution in [1.82, 2.24) is 5.32 Å². The summed E-state index contributed by atoms with van der Waals surface area (Å²) >= 11 is 5.06. The Kier molecular flexibility index (Phi) is 5.15. The van der Waals surface area contributed by atoms with Crippen molar-refractivity contribution in [2.75, 3.05) is 11.9 Å². The second kappa shape index (κ2) is 6.39. The lowest BCUT2D eigenvalue weighted by Crippen LogP contribution is -2.33. The van der Waals surface area contributed by atoms with Gasteiger partial charge in [0.15, 0.2) is 16.7 Å². The molecule has 0 spiro atoms. The molecule has 0 aliphatic heterocycles. The van der Waals surface area contributed by atoms with Gasteiger partial charge in [-0.05, 0) is 45.1 Å². The van der Waals surface area contributed by atoms with E-state index in [1.54, 1.807) is 12.1 Å². The van der Waals surface area contributed by atoms with Crippen LogP contribution in [0.4, 0.5) is 10.1 Å². The number of hydrogen-bond donors (Lipinski definition) is 2. The molecule has 1 rings (SSSR count). The summed E-state index contributed by atoms with van der Waals surface area (Å²) in [4.78, 5) is 0. The normalized spacial score (nSPS) is 10.2. The molecule has 1 aromatic carbocycles. The maximum Gasteiger partial charge on any atom is 0.170 e. The van der Waals surface area contributed by atoms with Gasteiger partial charge in [0.2, 0.25) is 0 Å². The third-order valence-electron chi connectivity index (χ3n) is 1.91. The molecule has 0 radical (unpaired) electrons. The lowest BCUT2D eigenvalue weighted by molar-refractivity contribution is 0.321. The van der Waals surface area contributed by atoms with Gasteiger partial charge >= 0.3 is 0 Å². The fraction of sp³-hybridized carbons (Fsp3) is 0.417. The van der Waals surface area contributed by atoms with Crippen molar-refractivity contribution in [3.8, 4) is 5.75 Å². The van der Waals surface area contributed by atoms with Gasteiger partial charge in [-0.1, -0.05) is 0 Å². The van der Waals surface area contributed by atoms with Gasteiger partial charge in [0.1, 0.15) is 0 Å². The Morgan fingerprint density at radius 1 is 1.47 bits per heavy atom. The molecule has 0 heterocycles. The summed E-state index contributed by atoms with van der Waals surface area (Å²) in [6.07, 6.45) is 0. The molecular weight excluding hydrogens is 239 g/mol. The molecule has 17 heavy (non-hydrogen) atoms. The van der Waals surface area contributed by atoms with Gasteiger partial charge in [-0.3, -0.25) is 0 Å². The quantitative estimate of drug-likeness (QED) is 0.812. The first kappa shape index (κ1) is 13.7. The maximum atomic E-state index is 13.5. The van der Waals surface area contributed by atoms with E-state index in [1.807, 2.05) is 20.8 Å². The van der Waals surface area contributed by atoms with Crippen LogP contribution in [0.2, 0.25) is 0 Å². The Bertz CT molecular complexity index is 396. The summed E-state index contributed by atoms with van der Waals surface area (Å²) in [6.45, 7) is 6.21. The molecule has 0 amide bonds. The average Bonchev–Trinajstić information content (AvgIpc) is 2.21. The summed E-state index contributed by atoms with van der Waals surface area (Å²) in [5, 5.41) is 6.40. The van der Waals surface area contributed by atoms with Crippen LogP contribution >= 0.6 is 12.2 Å². The third kappa shape index (κ3) is 4.56. The first-order valence-corrected chi connectivity index (χ1v) is 5.93. The molecule has 0 fully saturated rings. The van der Waals surface area contributed by atoms with E-state index in [2.05, 4.69) is 10.6 Å². The van der Waals surface area contributed by atoms with Crippen molar-refractivity contribution >= 4 is 23.0 Å². The Balaban J connectivity index is 2.67. The number of benzene rings is 1. The number of rotatable bonds is 4. The zero-order valence-corrected chi connectivity index (χ0v) is 11.0. The van der Waals surface area contributed by atoms with Gasteiger partial charge in [-0.25, -0.2) is 4.39 Å². The number of nitrogens with one attached hydrogen (secondary N) is 2. The summed E-state index contributed by atoms with van der Waals surface area (Å²) in [5.74, 6) is -0.148. The van der Waals surface area contributed by atoms with E-state index in [0.717, 1.165) is 0 Å². The van der Waals surface area contributed by atoms with Crippen molar-refractivity contribution in [2.45, 2.75) is 26.8 Å². The van der Waals surface area contributed by atoms with Gasteiger partial charge < -0.3 is 15.4 Å². The van der Waals surface area contributed by atoms with Crippen LogP contribution in [0.15, 0.2) is 18.2 Å². The standard InChI is InChI=1S/C12H17FN2OS/c1-4-16-11-6-5-9(7-10(11)13)15-12(17)14-8(2)3/h5-8H,4H2,1-3H3,(H2,14,15,17). The van der Waals surface area contributed by atoms with Crippen LogP contribution in [0, 0.1) is 5.82 Å². The van der Waals surface area contributed by atoms with E-state index < -0.39 is 5.82 Å². The smallest absolute Gasteiger partial charge is 0.170 e. The number of anilines is 1. The van der Waals surface area contributed by atoms with Crippen molar-refractivity contribution in [2.24, 2.45) is 0 Å². The number of halogens is 1. The number of hydrogen-bond acceptors (Lipinski definition) is 2. The topological polar surface area (TPSA) is 33.3 Å². The lowest BCUT2D eigenvalue weighted by atomic mass is 10.3. The van der Waals surface area contributed by atoms with E-state index in [0.29, 0.717) is 17.4 Å². The third-order valence-corrected chi connectivity index (χ3v) is 2.13. The van der Waals surface area contributed by atoms with E-state index >= 15 is 0 Å². The minimum atomic E-state index is -0.399. The maximum absolute atomic E-state index is 13.5. The molecule has 0 saturated heterocycles. The molecule has 0 bridgehead atoms. The molecule has 2 N–H and O–H groups in total. The highest BCUT2D eigenvalue weighted by atomic mass is 32.1.